The van der Waals surface area contributed by atoms with Crippen LogP contribution in [-0.2, 0) is 5.41 Å². The first-order valence-corrected chi connectivity index (χ1v) is 9.52. The van der Waals surface area contributed by atoms with Crippen LogP contribution in [-0.4, -0.2) is 24.8 Å². The molecule has 0 radical (unpaired) electrons. The average Bonchev–Trinajstić information content (AvgIpc) is 2.89. The fourth-order valence-electron chi connectivity index (χ4n) is 5.46. The van der Waals surface area contributed by atoms with E-state index in [0.29, 0.717) is 17.1 Å². The molecule has 144 valence electrons. The van der Waals surface area contributed by atoms with Crippen molar-refractivity contribution in [3.05, 3.63) is 63.2 Å². The van der Waals surface area contributed by atoms with E-state index in [1.54, 1.807) is 0 Å². The van der Waals surface area contributed by atoms with Gasteiger partial charge in [0.05, 0.1) is 23.5 Å². The lowest BCUT2D eigenvalue weighted by Crippen LogP contribution is -2.63. The average molecular weight is 378 g/mol. The van der Waals surface area contributed by atoms with Gasteiger partial charge in [-0.15, -0.1) is 0 Å². The summed E-state index contributed by atoms with van der Waals surface area (Å²) in [5.41, 5.74) is 3.14. The van der Waals surface area contributed by atoms with Crippen LogP contribution in [0.15, 0.2) is 42.0 Å². The summed E-state index contributed by atoms with van der Waals surface area (Å²) in [6.45, 7) is 2.22. The van der Waals surface area contributed by atoms with Crippen molar-refractivity contribution in [1.82, 2.24) is 0 Å². The van der Waals surface area contributed by atoms with Gasteiger partial charge in [-0.25, -0.2) is 0 Å². The van der Waals surface area contributed by atoms with Crippen LogP contribution >= 0.6 is 0 Å². The second-order valence-corrected chi connectivity index (χ2v) is 8.00. The number of rotatable bonds is 2. The Bertz CT molecular complexity index is 1050. The van der Waals surface area contributed by atoms with Crippen molar-refractivity contribution in [2.45, 2.75) is 37.3 Å². The topological polar surface area (TPSA) is 64.8 Å². The highest BCUT2D eigenvalue weighted by atomic mass is 16.6. The molecule has 2 heterocycles. The van der Waals surface area contributed by atoms with Crippen LogP contribution in [0.4, 0.5) is 11.4 Å². The molecule has 1 spiro atoms. The van der Waals surface area contributed by atoms with Crippen molar-refractivity contribution in [2.75, 3.05) is 19.1 Å². The van der Waals surface area contributed by atoms with E-state index in [-0.39, 0.29) is 16.0 Å². The Hall–Kier alpha value is -3.02. The smallest absolute Gasteiger partial charge is 0.315 e. The van der Waals surface area contributed by atoms with Crippen LogP contribution in [0.5, 0.6) is 11.5 Å². The number of likely N-dealkylation sites (N-methyl/N-ethyl adjacent to an activating group) is 1. The lowest BCUT2D eigenvalue weighted by molar-refractivity contribution is -0.386. The maximum absolute atomic E-state index is 11.8. The molecular weight excluding hydrogens is 356 g/mol. The Morgan fingerprint density at radius 3 is 2.82 bits per heavy atom. The molecule has 1 fully saturated rings. The Morgan fingerprint density at radius 1 is 1.29 bits per heavy atom. The summed E-state index contributed by atoms with van der Waals surface area (Å²) < 4.78 is 12.0. The first-order valence-electron chi connectivity index (χ1n) is 9.52. The Kier molecular flexibility index (Phi) is 3.36. The highest BCUT2D eigenvalue weighted by Gasteiger charge is 2.65. The number of nitrogens with zero attached hydrogens (tertiary/aromatic N) is 2. The summed E-state index contributed by atoms with van der Waals surface area (Å²) in [6.07, 6.45) is 4.99. The van der Waals surface area contributed by atoms with Crippen LogP contribution in [0.1, 0.15) is 37.3 Å². The molecule has 3 aliphatic rings. The third kappa shape index (κ3) is 1.87. The SMILES string of the molecule is COc1cc2c(c([N+](=O)[O-])c1)OC13C(=C2)CCCC1(C)c1ccccc1N3C. The van der Waals surface area contributed by atoms with Gasteiger partial charge in [-0.05, 0) is 55.5 Å². The Morgan fingerprint density at radius 2 is 2.07 bits per heavy atom. The first-order chi connectivity index (χ1) is 13.4. The standard InChI is InChI=1S/C22H22N2O4/c1-21-10-6-7-15-11-14-12-16(27-3)13-19(24(25)26)20(14)28-22(15,21)23(2)18-9-5-4-8-17(18)21/h4-5,8-9,11-13H,6-7,10H2,1-3H3. The summed E-state index contributed by atoms with van der Waals surface area (Å²) >= 11 is 0. The molecule has 28 heavy (non-hydrogen) atoms. The predicted molar refractivity (Wildman–Crippen MR) is 107 cm³/mol. The van der Waals surface area contributed by atoms with E-state index in [4.69, 9.17) is 9.47 Å². The Labute approximate surface area is 163 Å². The van der Waals surface area contributed by atoms with Gasteiger partial charge in [0.2, 0.25) is 11.5 Å². The normalized spacial score (nSPS) is 27.0. The number of ether oxygens (including phenoxy) is 2. The highest BCUT2D eigenvalue weighted by molar-refractivity contribution is 5.78. The van der Waals surface area contributed by atoms with E-state index in [1.165, 1.54) is 18.7 Å². The van der Waals surface area contributed by atoms with E-state index in [9.17, 15) is 10.1 Å². The minimum absolute atomic E-state index is 0.0590. The van der Waals surface area contributed by atoms with E-state index in [1.807, 2.05) is 19.2 Å². The molecule has 0 N–H and O–H groups in total. The molecule has 2 unspecified atom stereocenters. The van der Waals surface area contributed by atoms with Crippen LogP contribution in [0.3, 0.4) is 0 Å². The highest BCUT2D eigenvalue weighted by Crippen LogP contribution is 2.62. The van der Waals surface area contributed by atoms with Crippen LogP contribution < -0.4 is 14.4 Å². The van der Waals surface area contributed by atoms with E-state index in [2.05, 4.69) is 36.1 Å². The fourth-order valence-corrected chi connectivity index (χ4v) is 5.46. The van der Waals surface area contributed by atoms with Gasteiger partial charge in [-0.3, -0.25) is 10.1 Å². The van der Waals surface area contributed by atoms with Crippen LogP contribution in [0.25, 0.3) is 6.08 Å². The number of hydrogen-bond donors (Lipinski definition) is 0. The largest absolute Gasteiger partial charge is 0.496 e. The zero-order valence-electron chi connectivity index (χ0n) is 16.2. The summed E-state index contributed by atoms with van der Waals surface area (Å²) in [5.74, 6) is 0.783. The number of para-hydroxylation sites is 1. The number of benzene rings is 2. The molecule has 2 aliphatic heterocycles. The molecule has 0 amide bonds. The number of nitro benzene ring substituents is 1. The molecule has 1 saturated carbocycles. The zero-order chi connectivity index (χ0) is 19.7. The molecule has 1 aliphatic carbocycles. The summed E-state index contributed by atoms with van der Waals surface area (Å²) in [4.78, 5) is 13.6. The van der Waals surface area contributed by atoms with Gasteiger partial charge < -0.3 is 14.4 Å². The van der Waals surface area contributed by atoms with Gasteiger partial charge in [-0.1, -0.05) is 18.2 Å². The van der Waals surface area contributed by atoms with Gasteiger partial charge in [0.15, 0.2) is 0 Å². The van der Waals surface area contributed by atoms with Gasteiger partial charge >= 0.3 is 5.69 Å². The molecule has 6 heteroatoms. The van der Waals surface area contributed by atoms with Crippen molar-refractivity contribution in [1.29, 1.82) is 0 Å². The van der Waals surface area contributed by atoms with Gasteiger partial charge in [0.25, 0.3) is 0 Å². The molecule has 2 aromatic carbocycles. The number of hydrogen-bond acceptors (Lipinski definition) is 5. The minimum Gasteiger partial charge on any atom is -0.496 e. The lowest BCUT2D eigenvalue weighted by Gasteiger charge is -2.53. The predicted octanol–water partition coefficient (Wildman–Crippen LogP) is 4.67. The maximum Gasteiger partial charge on any atom is 0.315 e. The lowest BCUT2D eigenvalue weighted by atomic mass is 9.64. The van der Waals surface area contributed by atoms with Gasteiger partial charge in [-0.2, -0.15) is 0 Å². The maximum atomic E-state index is 11.8. The van der Waals surface area contributed by atoms with Crippen LogP contribution in [0.2, 0.25) is 0 Å². The molecule has 5 rings (SSSR count). The summed E-state index contributed by atoms with van der Waals surface area (Å²) in [6, 6.07) is 11.6. The molecule has 2 atom stereocenters. The summed E-state index contributed by atoms with van der Waals surface area (Å²) in [7, 11) is 3.55. The molecule has 2 aromatic rings. The molecule has 6 nitrogen and oxygen atoms in total. The van der Waals surface area contributed by atoms with E-state index < -0.39 is 5.72 Å². The fraction of sp³-hybridized carbons (Fsp3) is 0.364. The molecule has 0 aromatic heterocycles. The second kappa shape index (κ2) is 5.50. The number of nitro groups is 1. The second-order valence-electron chi connectivity index (χ2n) is 8.00. The van der Waals surface area contributed by atoms with Crippen molar-refractivity contribution < 1.29 is 14.4 Å². The molecular formula is C22H22N2O4. The van der Waals surface area contributed by atoms with Crippen molar-refractivity contribution >= 4 is 17.5 Å². The monoisotopic (exact) mass is 378 g/mol. The number of methoxy groups -OCH3 is 1. The van der Waals surface area contributed by atoms with Crippen molar-refractivity contribution in [3.8, 4) is 11.5 Å². The molecule has 0 saturated heterocycles. The van der Waals surface area contributed by atoms with Crippen molar-refractivity contribution in [2.24, 2.45) is 0 Å². The van der Waals surface area contributed by atoms with Gasteiger partial charge in [0.1, 0.15) is 5.75 Å². The van der Waals surface area contributed by atoms with E-state index >= 15 is 0 Å². The number of anilines is 1. The zero-order valence-corrected chi connectivity index (χ0v) is 16.2. The quantitative estimate of drug-likeness (QED) is 0.561. The third-order valence-electron chi connectivity index (χ3n) is 6.72. The minimum atomic E-state index is -0.749. The first kappa shape index (κ1) is 17.1. The van der Waals surface area contributed by atoms with Crippen molar-refractivity contribution in [3.63, 3.8) is 0 Å². The van der Waals surface area contributed by atoms with E-state index in [0.717, 1.165) is 30.5 Å². The van der Waals surface area contributed by atoms with Crippen LogP contribution in [0, 0.1) is 10.1 Å². The Balaban J connectivity index is 1.79. The number of fused-ring (bicyclic) bond motifs is 3. The third-order valence-corrected chi connectivity index (χ3v) is 6.72. The molecule has 0 bridgehead atoms. The van der Waals surface area contributed by atoms with Gasteiger partial charge in [0, 0.05) is 18.3 Å². The summed E-state index contributed by atoms with van der Waals surface area (Å²) in [5, 5.41) is 11.8.